The third kappa shape index (κ3) is 5.47. The summed E-state index contributed by atoms with van der Waals surface area (Å²) in [6, 6.07) is 14.7. The van der Waals surface area contributed by atoms with Crippen LogP contribution in [-0.2, 0) is 25.2 Å². The lowest BCUT2D eigenvalue weighted by Crippen LogP contribution is -2.57. The standard InChI is InChI=1S/C32H35O4S/c1-4-5-6-10-13-37(27-11-8-7-9-12-27)28-14-22(2)31(23(3)15-28)35-21-29(33)36-32-18-24-16-25(19-32)30(34)26(17-24)20-32/h4-15,24-26H,1,16-21H2,2-3H3/q+1/b6-5-,13-10+. The van der Waals surface area contributed by atoms with E-state index >= 15 is 0 Å². The predicted molar refractivity (Wildman–Crippen MR) is 148 cm³/mol. The molecule has 4 fully saturated rings. The summed E-state index contributed by atoms with van der Waals surface area (Å²) in [6.07, 6.45) is 11.9. The molecule has 0 saturated heterocycles. The molecule has 5 heteroatoms. The summed E-state index contributed by atoms with van der Waals surface area (Å²) in [5.74, 6) is 1.46. The maximum absolute atomic E-state index is 12.9. The van der Waals surface area contributed by atoms with Crippen LogP contribution < -0.4 is 4.74 Å². The number of allylic oxidation sites excluding steroid dienone is 4. The number of hydrogen-bond donors (Lipinski definition) is 0. The van der Waals surface area contributed by atoms with Gasteiger partial charge in [0.1, 0.15) is 22.5 Å². The molecule has 3 atom stereocenters. The molecular formula is C32H35O4S+. The number of benzene rings is 2. The van der Waals surface area contributed by atoms with Crippen LogP contribution in [0.3, 0.4) is 0 Å². The summed E-state index contributed by atoms with van der Waals surface area (Å²) >= 11 is 0. The van der Waals surface area contributed by atoms with Crippen LogP contribution in [0.4, 0.5) is 0 Å². The number of hydrogen-bond acceptors (Lipinski definition) is 4. The Morgan fingerprint density at radius 1 is 1.00 bits per heavy atom. The van der Waals surface area contributed by atoms with Gasteiger partial charge in [0.15, 0.2) is 16.4 Å². The van der Waals surface area contributed by atoms with Gasteiger partial charge in [-0.15, -0.1) is 0 Å². The summed E-state index contributed by atoms with van der Waals surface area (Å²) in [5, 5.41) is 2.21. The molecule has 4 aliphatic carbocycles. The second kappa shape index (κ2) is 10.7. The summed E-state index contributed by atoms with van der Waals surface area (Å²) in [6.45, 7) is 7.66. The zero-order valence-electron chi connectivity index (χ0n) is 21.7. The monoisotopic (exact) mass is 515 g/mol. The van der Waals surface area contributed by atoms with Crippen molar-refractivity contribution < 1.29 is 19.1 Å². The fourth-order valence-electron chi connectivity index (χ4n) is 6.59. The minimum Gasteiger partial charge on any atom is -0.481 e. The van der Waals surface area contributed by atoms with Crippen molar-refractivity contribution in [1.29, 1.82) is 0 Å². The molecule has 6 rings (SSSR count). The van der Waals surface area contributed by atoms with Crippen molar-refractivity contribution >= 4 is 22.6 Å². The first-order valence-electron chi connectivity index (χ1n) is 13.1. The van der Waals surface area contributed by atoms with E-state index < -0.39 is 5.60 Å². The number of carbonyl (C=O) groups is 2. The maximum Gasteiger partial charge on any atom is 0.344 e. The van der Waals surface area contributed by atoms with E-state index in [1.165, 1.54) is 9.79 Å². The largest absolute Gasteiger partial charge is 0.481 e. The lowest BCUT2D eigenvalue weighted by atomic mass is 9.53. The van der Waals surface area contributed by atoms with E-state index in [2.05, 4.69) is 54.5 Å². The number of rotatable bonds is 9. The third-order valence-corrected chi connectivity index (χ3v) is 9.81. The van der Waals surface area contributed by atoms with E-state index in [0.29, 0.717) is 24.5 Å². The Morgan fingerprint density at radius 3 is 2.32 bits per heavy atom. The van der Waals surface area contributed by atoms with Gasteiger partial charge in [-0.2, -0.15) is 0 Å². The molecule has 0 N–H and O–H groups in total. The van der Waals surface area contributed by atoms with Crippen LogP contribution >= 0.6 is 0 Å². The fraction of sp³-hybridized carbons (Fsp3) is 0.375. The highest BCUT2D eigenvalue weighted by Crippen LogP contribution is 2.55. The van der Waals surface area contributed by atoms with E-state index in [4.69, 9.17) is 9.47 Å². The van der Waals surface area contributed by atoms with Gasteiger partial charge in [-0.25, -0.2) is 4.79 Å². The topological polar surface area (TPSA) is 52.6 Å². The SMILES string of the molecule is C=C/C=C\C=C\[S+](c1ccccc1)c1cc(C)c(OCC(=O)OC23CC4CC(C2)C(=O)C(C4)C3)c(C)c1. The average Bonchev–Trinajstić information content (AvgIpc) is 2.86. The lowest BCUT2D eigenvalue weighted by molar-refractivity contribution is -0.190. The average molecular weight is 516 g/mol. The summed E-state index contributed by atoms with van der Waals surface area (Å²) < 4.78 is 12.1. The van der Waals surface area contributed by atoms with Crippen molar-refractivity contribution in [2.24, 2.45) is 17.8 Å². The molecule has 4 bridgehead atoms. The Labute approximate surface area is 222 Å². The molecule has 0 spiro atoms. The number of carbonyl (C=O) groups excluding carboxylic acids is 2. The molecule has 0 heterocycles. The zero-order chi connectivity index (χ0) is 26.0. The van der Waals surface area contributed by atoms with Crippen LogP contribution in [0.15, 0.2) is 88.5 Å². The number of ether oxygens (including phenoxy) is 2. The van der Waals surface area contributed by atoms with E-state index in [1.807, 2.05) is 32.1 Å². The number of esters is 1. The second-order valence-corrected chi connectivity index (χ2v) is 12.6. The van der Waals surface area contributed by atoms with Crippen molar-refractivity contribution in [2.45, 2.75) is 61.3 Å². The molecule has 0 aromatic heterocycles. The first-order valence-corrected chi connectivity index (χ1v) is 14.4. The molecule has 0 radical (unpaired) electrons. The Hall–Kier alpha value is -3.05. The Morgan fingerprint density at radius 2 is 1.68 bits per heavy atom. The summed E-state index contributed by atoms with van der Waals surface area (Å²) in [4.78, 5) is 27.8. The van der Waals surface area contributed by atoms with Crippen LogP contribution in [0.5, 0.6) is 5.75 Å². The predicted octanol–water partition coefficient (Wildman–Crippen LogP) is 6.67. The molecular weight excluding hydrogens is 480 g/mol. The molecule has 2 aromatic rings. The Balaban J connectivity index is 1.28. The van der Waals surface area contributed by atoms with Gasteiger partial charge in [0.25, 0.3) is 0 Å². The van der Waals surface area contributed by atoms with Crippen molar-refractivity contribution in [3.05, 3.63) is 89.9 Å². The molecule has 2 aromatic carbocycles. The van der Waals surface area contributed by atoms with Crippen LogP contribution in [0.2, 0.25) is 0 Å². The Bertz CT molecular complexity index is 1200. The van der Waals surface area contributed by atoms with Crippen molar-refractivity contribution in [2.75, 3.05) is 6.61 Å². The highest BCUT2D eigenvalue weighted by Gasteiger charge is 2.57. The maximum atomic E-state index is 12.9. The summed E-state index contributed by atoms with van der Waals surface area (Å²) in [5.41, 5.74) is 1.52. The van der Waals surface area contributed by atoms with E-state index in [-0.39, 0.29) is 35.3 Å². The van der Waals surface area contributed by atoms with Crippen LogP contribution in [0, 0.1) is 31.6 Å². The fourth-order valence-corrected chi connectivity index (χ4v) is 8.49. The van der Waals surface area contributed by atoms with Gasteiger partial charge in [0.2, 0.25) is 0 Å². The number of ketones is 1. The molecule has 0 aliphatic heterocycles. The molecule has 3 unspecified atom stereocenters. The minimum atomic E-state index is -0.463. The van der Waals surface area contributed by atoms with Gasteiger partial charge in [0, 0.05) is 24.0 Å². The highest BCUT2D eigenvalue weighted by molar-refractivity contribution is 7.99. The smallest absolute Gasteiger partial charge is 0.344 e. The van der Waals surface area contributed by atoms with Gasteiger partial charge in [-0.1, -0.05) is 43.0 Å². The van der Waals surface area contributed by atoms with Gasteiger partial charge in [0.05, 0.1) is 10.9 Å². The number of Topliss-reactive ketones (excluding diaryl/α,β-unsaturated/α-hetero) is 1. The van der Waals surface area contributed by atoms with E-state index in [0.717, 1.165) is 36.1 Å². The lowest BCUT2D eigenvalue weighted by Gasteiger charge is -2.54. The molecule has 4 saturated carbocycles. The van der Waals surface area contributed by atoms with Crippen LogP contribution in [-0.4, -0.2) is 24.0 Å². The summed E-state index contributed by atoms with van der Waals surface area (Å²) in [7, 11) is -0.248. The van der Waals surface area contributed by atoms with E-state index in [9.17, 15) is 9.59 Å². The molecule has 4 aliphatic rings. The van der Waals surface area contributed by atoms with Crippen LogP contribution in [0.25, 0.3) is 0 Å². The van der Waals surface area contributed by atoms with E-state index in [1.54, 1.807) is 6.08 Å². The quantitative estimate of drug-likeness (QED) is 0.213. The van der Waals surface area contributed by atoms with Gasteiger partial charge in [-0.05, 0) is 81.2 Å². The molecule has 192 valence electrons. The minimum absolute atomic E-state index is 0.0803. The highest BCUT2D eigenvalue weighted by atomic mass is 32.2. The first-order chi connectivity index (χ1) is 17.9. The molecule has 4 nitrogen and oxygen atoms in total. The Kier molecular flexibility index (Phi) is 7.43. The first kappa shape index (κ1) is 25.6. The van der Waals surface area contributed by atoms with Gasteiger partial charge in [-0.3, -0.25) is 4.79 Å². The normalized spacial score (nSPS) is 27.1. The second-order valence-electron chi connectivity index (χ2n) is 10.7. The third-order valence-electron chi connectivity index (χ3n) is 7.86. The number of aryl methyl sites for hydroxylation is 2. The van der Waals surface area contributed by atoms with Gasteiger partial charge < -0.3 is 9.47 Å². The van der Waals surface area contributed by atoms with Crippen molar-refractivity contribution in [1.82, 2.24) is 0 Å². The van der Waals surface area contributed by atoms with Crippen molar-refractivity contribution in [3.63, 3.8) is 0 Å². The van der Waals surface area contributed by atoms with Crippen molar-refractivity contribution in [3.8, 4) is 5.75 Å². The molecule has 0 amide bonds. The zero-order valence-corrected chi connectivity index (χ0v) is 22.5. The molecule has 37 heavy (non-hydrogen) atoms. The van der Waals surface area contributed by atoms with Gasteiger partial charge >= 0.3 is 5.97 Å². The van der Waals surface area contributed by atoms with Crippen LogP contribution in [0.1, 0.15) is 43.2 Å².